The molecule has 1 aliphatic rings. The van der Waals surface area contributed by atoms with Gasteiger partial charge in [-0.15, -0.1) is 0 Å². The van der Waals surface area contributed by atoms with Gasteiger partial charge in [0, 0.05) is 37.4 Å². The summed E-state index contributed by atoms with van der Waals surface area (Å²) in [5.74, 6) is -0.257. The maximum absolute atomic E-state index is 12.7. The summed E-state index contributed by atoms with van der Waals surface area (Å²) in [6, 6.07) is 9.77. The largest absolute Gasteiger partial charge is 0.459 e. The van der Waals surface area contributed by atoms with E-state index in [1.165, 1.54) is 16.8 Å². The van der Waals surface area contributed by atoms with Crippen molar-refractivity contribution < 1.29 is 22.4 Å². The molecule has 0 radical (unpaired) electrons. The van der Waals surface area contributed by atoms with Gasteiger partial charge in [-0.3, -0.25) is 9.59 Å². The van der Waals surface area contributed by atoms with Crippen LogP contribution in [0.2, 0.25) is 0 Å². The van der Waals surface area contributed by atoms with E-state index < -0.39 is 10.0 Å². The Labute approximate surface area is 164 Å². The van der Waals surface area contributed by atoms with Crippen LogP contribution in [-0.2, 0) is 10.0 Å². The second-order valence-electron chi connectivity index (χ2n) is 6.81. The number of anilines is 1. The number of piperidine rings is 1. The highest BCUT2D eigenvalue weighted by atomic mass is 32.2. The summed E-state index contributed by atoms with van der Waals surface area (Å²) < 4.78 is 29.7. The van der Waals surface area contributed by atoms with Crippen molar-refractivity contribution in [1.29, 1.82) is 0 Å². The predicted octanol–water partition coefficient (Wildman–Crippen LogP) is 2.03. The monoisotopic (exact) mass is 405 g/mol. The minimum atomic E-state index is -3.23. The third-order valence-corrected chi connectivity index (χ3v) is 6.27. The lowest BCUT2D eigenvalue weighted by atomic mass is 10.0. The highest BCUT2D eigenvalue weighted by molar-refractivity contribution is 7.88. The number of carbonyl (C=O) groups is 2. The average Bonchev–Trinajstić information content (AvgIpc) is 3.22. The minimum absolute atomic E-state index is 0.0850. The number of furan rings is 1. The van der Waals surface area contributed by atoms with Crippen LogP contribution in [0.1, 0.15) is 33.8 Å². The number of nitrogens with one attached hydrogen (secondary N) is 1. The summed E-state index contributed by atoms with van der Waals surface area (Å²) in [5, 5.41) is 2.70. The lowest BCUT2D eigenvalue weighted by Gasteiger charge is -2.35. The fourth-order valence-corrected chi connectivity index (χ4v) is 3.93. The Bertz CT molecular complexity index is 930. The van der Waals surface area contributed by atoms with Gasteiger partial charge in [-0.05, 0) is 49.2 Å². The number of rotatable bonds is 5. The van der Waals surface area contributed by atoms with Gasteiger partial charge < -0.3 is 14.6 Å². The summed E-state index contributed by atoms with van der Waals surface area (Å²) in [6.07, 6.45) is 3.82. The van der Waals surface area contributed by atoms with Crippen molar-refractivity contribution >= 4 is 27.5 Å². The van der Waals surface area contributed by atoms with Gasteiger partial charge in [-0.1, -0.05) is 0 Å². The number of sulfonamides is 1. The van der Waals surface area contributed by atoms with Gasteiger partial charge in [0.05, 0.1) is 12.5 Å². The van der Waals surface area contributed by atoms with E-state index in [9.17, 15) is 18.0 Å². The number of hydrogen-bond donors (Lipinski definition) is 1. The minimum Gasteiger partial charge on any atom is -0.459 e. The van der Waals surface area contributed by atoms with Crippen LogP contribution >= 0.6 is 0 Å². The third-order valence-electron chi connectivity index (χ3n) is 4.92. The summed E-state index contributed by atoms with van der Waals surface area (Å²) in [7, 11) is -1.66. The summed E-state index contributed by atoms with van der Waals surface area (Å²) >= 11 is 0. The van der Waals surface area contributed by atoms with Crippen molar-refractivity contribution in [2.75, 3.05) is 31.7 Å². The van der Waals surface area contributed by atoms with E-state index in [4.69, 9.17) is 4.42 Å². The molecule has 8 nitrogen and oxygen atoms in total. The van der Waals surface area contributed by atoms with Gasteiger partial charge in [0.1, 0.15) is 0 Å². The first-order valence-corrected chi connectivity index (χ1v) is 10.8. The van der Waals surface area contributed by atoms with E-state index in [1.807, 2.05) is 0 Å². The first-order chi connectivity index (χ1) is 13.3. The van der Waals surface area contributed by atoms with Crippen LogP contribution in [0.5, 0.6) is 0 Å². The molecule has 1 aliphatic heterocycles. The highest BCUT2D eigenvalue weighted by Gasteiger charge is 2.29. The van der Waals surface area contributed by atoms with Gasteiger partial charge in [-0.25, -0.2) is 12.7 Å². The van der Waals surface area contributed by atoms with Gasteiger partial charge in [-0.2, -0.15) is 0 Å². The summed E-state index contributed by atoms with van der Waals surface area (Å²) in [6.45, 7) is 1.00. The first kappa shape index (κ1) is 20.1. The van der Waals surface area contributed by atoms with E-state index in [0.29, 0.717) is 37.2 Å². The number of carbonyl (C=O) groups excluding carboxylic acids is 2. The van der Waals surface area contributed by atoms with Crippen molar-refractivity contribution in [3.05, 3.63) is 54.0 Å². The van der Waals surface area contributed by atoms with Gasteiger partial charge in [0.25, 0.3) is 11.8 Å². The van der Waals surface area contributed by atoms with Crippen LogP contribution in [0, 0.1) is 0 Å². The molecule has 1 fully saturated rings. The molecule has 0 saturated carbocycles. The molecule has 150 valence electrons. The number of nitrogens with zero attached hydrogens (tertiary/aromatic N) is 2. The Balaban J connectivity index is 1.57. The quantitative estimate of drug-likeness (QED) is 0.820. The molecule has 0 aliphatic carbocycles. The maximum Gasteiger partial charge on any atom is 0.291 e. The van der Waals surface area contributed by atoms with Gasteiger partial charge >= 0.3 is 0 Å². The number of hydrogen-bond acceptors (Lipinski definition) is 5. The van der Waals surface area contributed by atoms with Crippen molar-refractivity contribution in [1.82, 2.24) is 9.21 Å². The number of amides is 2. The second kappa shape index (κ2) is 8.15. The van der Waals surface area contributed by atoms with E-state index in [-0.39, 0.29) is 23.6 Å². The molecule has 0 bridgehead atoms. The van der Waals surface area contributed by atoms with E-state index in [1.54, 1.807) is 48.3 Å². The molecule has 28 heavy (non-hydrogen) atoms. The molecule has 2 amide bonds. The van der Waals surface area contributed by atoms with Crippen LogP contribution in [0.15, 0.2) is 47.1 Å². The topological polar surface area (TPSA) is 99.9 Å². The molecule has 9 heteroatoms. The van der Waals surface area contributed by atoms with Gasteiger partial charge in [0.2, 0.25) is 10.0 Å². The zero-order valence-corrected chi connectivity index (χ0v) is 16.6. The van der Waals surface area contributed by atoms with Gasteiger partial charge in [0.15, 0.2) is 5.76 Å². The zero-order valence-electron chi connectivity index (χ0n) is 15.8. The fraction of sp³-hybridized carbons (Fsp3) is 0.368. The standard InChI is InChI=1S/C19H23N3O5S/c1-21(28(2,25)26)16-9-11-22(12-10-16)19(24)14-5-7-15(8-6-14)20-18(23)17-4-3-13-27-17/h3-8,13,16H,9-12H2,1-2H3,(H,20,23). The van der Waals surface area contributed by atoms with Crippen LogP contribution in [0.3, 0.4) is 0 Å². The second-order valence-corrected chi connectivity index (χ2v) is 8.85. The zero-order chi connectivity index (χ0) is 20.3. The molecule has 1 saturated heterocycles. The van der Waals surface area contributed by atoms with Crippen LogP contribution in [0.25, 0.3) is 0 Å². The normalized spacial score (nSPS) is 15.6. The van der Waals surface area contributed by atoms with Crippen molar-refractivity contribution in [2.45, 2.75) is 18.9 Å². The van der Waals surface area contributed by atoms with Crippen molar-refractivity contribution in [2.24, 2.45) is 0 Å². The van der Waals surface area contributed by atoms with Crippen LogP contribution < -0.4 is 5.32 Å². The number of benzene rings is 1. The summed E-state index contributed by atoms with van der Waals surface area (Å²) in [5.41, 5.74) is 1.08. The Morgan fingerprint density at radius 2 is 1.79 bits per heavy atom. The molecule has 0 atom stereocenters. The molecule has 1 N–H and O–H groups in total. The maximum atomic E-state index is 12.7. The van der Waals surface area contributed by atoms with E-state index in [0.717, 1.165) is 0 Å². The number of likely N-dealkylation sites (tertiary alicyclic amines) is 1. The molecule has 1 aromatic carbocycles. The van der Waals surface area contributed by atoms with Crippen molar-refractivity contribution in [3.63, 3.8) is 0 Å². The van der Waals surface area contributed by atoms with Crippen LogP contribution in [-0.4, -0.2) is 61.9 Å². The molecule has 2 heterocycles. The fourth-order valence-electron chi connectivity index (χ4n) is 3.18. The Morgan fingerprint density at radius 3 is 2.32 bits per heavy atom. The molecule has 2 aromatic rings. The molecule has 0 unspecified atom stereocenters. The van der Waals surface area contributed by atoms with E-state index >= 15 is 0 Å². The predicted molar refractivity (Wildman–Crippen MR) is 105 cm³/mol. The Morgan fingerprint density at radius 1 is 1.14 bits per heavy atom. The molecule has 3 rings (SSSR count). The lowest BCUT2D eigenvalue weighted by molar-refractivity contribution is 0.0686. The Kier molecular flexibility index (Phi) is 5.85. The lowest BCUT2D eigenvalue weighted by Crippen LogP contribution is -2.47. The SMILES string of the molecule is CN(C1CCN(C(=O)c2ccc(NC(=O)c3ccco3)cc2)CC1)S(C)(=O)=O. The molecule has 1 aromatic heterocycles. The van der Waals surface area contributed by atoms with E-state index in [2.05, 4.69) is 5.32 Å². The third kappa shape index (κ3) is 4.60. The molecular formula is C19H23N3O5S. The highest BCUT2D eigenvalue weighted by Crippen LogP contribution is 2.20. The first-order valence-electron chi connectivity index (χ1n) is 8.93. The van der Waals surface area contributed by atoms with Crippen LogP contribution in [0.4, 0.5) is 5.69 Å². The van der Waals surface area contributed by atoms with Crippen molar-refractivity contribution in [3.8, 4) is 0 Å². The molecule has 0 spiro atoms. The molecular weight excluding hydrogens is 382 g/mol. The average molecular weight is 405 g/mol. The smallest absolute Gasteiger partial charge is 0.291 e. The summed E-state index contributed by atoms with van der Waals surface area (Å²) in [4.78, 5) is 26.4. The Hall–Kier alpha value is -2.65.